The number of nitrogens with two attached hydrogens (primary N) is 1. The molecule has 4 heteroatoms. The van der Waals surface area contributed by atoms with Crippen LogP contribution in [0.15, 0.2) is 6.07 Å². The molecule has 0 bridgehead atoms. The lowest BCUT2D eigenvalue weighted by molar-refractivity contribution is 0.672. The van der Waals surface area contributed by atoms with E-state index in [1.165, 1.54) is 12.8 Å². The van der Waals surface area contributed by atoms with E-state index in [4.69, 9.17) is 5.73 Å². The number of aromatic amines is 1. The van der Waals surface area contributed by atoms with E-state index in [9.17, 15) is 0 Å². The van der Waals surface area contributed by atoms with Gasteiger partial charge in [-0.3, -0.25) is 5.10 Å². The minimum Gasteiger partial charge on any atom is -0.382 e. The van der Waals surface area contributed by atoms with Crippen molar-refractivity contribution in [3.8, 4) is 0 Å². The Morgan fingerprint density at radius 2 is 2.55 bits per heavy atom. The fourth-order valence-electron chi connectivity index (χ4n) is 1.01. The summed E-state index contributed by atoms with van der Waals surface area (Å²) in [6.45, 7) is 0.856. The zero-order chi connectivity index (χ0) is 7.68. The topological polar surface area (TPSA) is 66.7 Å². The lowest BCUT2D eigenvalue weighted by Crippen LogP contribution is -2.15. The van der Waals surface area contributed by atoms with E-state index in [1.54, 1.807) is 0 Å². The first-order valence-electron chi connectivity index (χ1n) is 3.88. The Kier molecular flexibility index (Phi) is 1.54. The number of nitrogens with zero attached hydrogens (tertiary/aromatic N) is 1. The van der Waals surface area contributed by atoms with Gasteiger partial charge in [-0.25, -0.2) is 0 Å². The molecular formula is C7H12N4. The summed E-state index contributed by atoms with van der Waals surface area (Å²) in [4.78, 5) is 0. The average molecular weight is 152 g/mol. The maximum absolute atomic E-state index is 5.43. The van der Waals surface area contributed by atoms with Crippen molar-refractivity contribution in [1.29, 1.82) is 0 Å². The molecule has 1 aromatic heterocycles. The molecule has 1 aliphatic rings. The second kappa shape index (κ2) is 2.54. The lowest BCUT2D eigenvalue weighted by atomic mass is 10.4. The van der Waals surface area contributed by atoms with E-state index in [-0.39, 0.29) is 0 Å². The Morgan fingerprint density at radius 1 is 1.73 bits per heavy atom. The highest BCUT2D eigenvalue weighted by atomic mass is 15.2. The first kappa shape index (κ1) is 6.67. The maximum atomic E-state index is 5.43. The molecule has 1 aromatic rings. The predicted octanol–water partition coefficient (Wildman–Crippen LogP) is 0.244. The summed E-state index contributed by atoms with van der Waals surface area (Å²) in [6.07, 6.45) is 2.62. The minimum atomic E-state index is 0.567. The molecule has 0 amide bonds. The molecule has 60 valence electrons. The normalized spacial score (nSPS) is 17.1. The molecule has 1 fully saturated rings. The smallest absolute Gasteiger partial charge is 0.145 e. The molecule has 0 aromatic carbocycles. The summed E-state index contributed by atoms with van der Waals surface area (Å²) in [5.74, 6) is 0.567. The molecule has 1 saturated carbocycles. The highest BCUT2D eigenvalue weighted by Gasteiger charge is 2.20. The number of hydrogen-bond acceptors (Lipinski definition) is 3. The van der Waals surface area contributed by atoms with E-state index in [1.807, 2.05) is 6.07 Å². The van der Waals surface area contributed by atoms with Crippen LogP contribution in [0.3, 0.4) is 0 Å². The quantitative estimate of drug-likeness (QED) is 0.581. The van der Waals surface area contributed by atoms with E-state index in [0.29, 0.717) is 5.82 Å². The standard InChI is InChI=1S/C7H12N4/c8-7-3-6(10-11-7)4-9-5-1-2-5/h3,5,9H,1-2,4H2,(H3,8,10,11). The molecule has 1 aliphatic carbocycles. The van der Waals surface area contributed by atoms with E-state index < -0.39 is 0 Å². The van der Waals surface area contributed by atoms with Crippen molar-refractivity contribution >= 4 is 5.82 Å². The van der Waals surface area contributed by atoms with Gasteiger partial charge in [-0.2, -0.15) is 5.10 Å². The fourth-order valence-corrected chi connectivity index (χ4v) is 1.01. The van der Waals surface area contributed by atoms with Crippen molar-refractivity contribution in [2.24, 2.45) is 0 Å². The molecule has 0 spiro atoms. The summed E-state index contributed by atoms with van der Waals surface area (Å²) in [5, 5.41) is 10.0. The van der Waals surface area contributed by atoms with Crippen LogP contribution in [0.2, 0.25) is 0 Å². The van der Waals surface area contributed by atoms with E-state index in [0.717, 1.165) is 18.3 Å². The Morgan fingerprint density at radius 3 is 3.09 bits per heavy atom. The number of rotatable bonds is 3. The highest BCUT2D eigenvalue weighted by molar-refractivity contribution is 5.28. The van der Waals surface area contributed by atoms with Gasteiger partial charge in [0.15, 0.2) is 0 Å². The second-order valence-corrected chi connectivity index (χ2v) is 2.97. The van der Waals surface area contributed by atoms with Crippen LogP contribution in [-0.4, -0.2) is 16.2 Å². The largest absolute Gasteiger partial charge is 0.382 e. The molecule has 1 heterocycles. The summed E-state index contributed by atoms with van der Waals surface area (Å²) in [7, 11) is 0. The van der Waals surface area contributed by atoms with Crippen LogP contribution < -0.4 is 11.1 Å². The van der Waals surface area contributed by atoms with Crippen molar-refractivity contribution in [1.82, 2.24) is 15.5 Å². The maximum Gasteiger partial charge on any atom is 0.145 e. The van der Waals surface area contributed by atoms with Crippen LogP contribution in [0.1, 0.15) is 18.5 Å². The van der Waals surface area contributed by atoms with Gasteiger partial charge in [0.05, 0.1) is 5.69 Å². The van der Waals surface area contributed by atoms with Crippen LogP contribution in [0.25, 0.3) is 0 Å². The van der Waals surface area contributed by atoms with Gasteiger partial charge in [0.2, 0.25) is 0 Å². The summed E-state index contributed by atoms with van der Waals surface area (Å²) in [5.41, 5.74) is 6.49. The SMILES string of the molecule is Nc1cc(CNC2CC2)[nH]n1. The fraction of sp³-hybridized carbons (Fsp3) is 0.571. The average Bonchev–Trinajstić information content (AvgIpc) is 2.72. The van der Waals surface area contributed by atoms with Crippen molar-refractivity contribution in [3.63, 3.8) is 0 Å². The predicted molar refractivity (Wildman–Crippen MR) is 42.9 cm³/mol. The Hall–Kier alpha value is -1.03. The first-order chi connectivity index (χ1) is 5.34. The zero-order valence-corrected chi connectivity index (χ0v) is 6.30. The monoisotopic (exact) mass is 152 g/mol. The minimum absolute atomic E-state index is 0.567. The Labute approximate surface area is 65.2 Å². The summed E-state index contributed by atoms with van der Waals surface area (Å²) < 4.78 is 0. The highest BCUT2D eigenvalue weighted by Crippen LogP contribution is 2.19. The molecule has 4 nitrogen and oxygen atoms in total. The lowest BCUT2D eigenvalue weighted by Gasteiger charge is -1.96. The molecule has 11 heavy (non-hydrogen) atoms. The van der Waals surface area contributed by atoms with Gasteiger partial charge >= 0.3 is 0 Å². The Balaban J connectivity index is 1.85. The number of anilines is 1. The van der Waals surface area contributed by atoms with Crippen LogP contribution in [0.4, 0.5) is 5.82 Å². The van der Waals surface area contributed by atoms with Crippen molar-refractivity contribution in [2.75, 3.05) is 5.73 Å². The molecule has 0 unspecified atom stereocenters. The van der Waals surface area contributed by atoms with Crippen LogP contribution in [0, 0.1) is 0 Å². The number of nitrogen functional groups attached to an aromatic ring is 1. The van der Waals surface area contributed by atoms with Crippen molar-refractivity contribution in [3.05, 3.63) is 11.8 Å². The molecular weight excluding hydrogens is 140 g/mol. The molecule has 0 aliphatic heterocycles. The summed E-state index contributed by atoms with van der Waals surface area (Å²) in [6, 6.07) is 2.59. The third-order valence-corrected chi connectivity index (χ3v) is 1.81. The van der Waals surface area contributed by atoms with Gasteiger partial charge in [0.1, 0.15) is 5.82 Å². The first-order valence-corrected chi connectivity index (χ1v) is 3.88. The number of hydrogen-bond donors (Lipinski definition) is 3. The van der Waals surface area contributed by atoms with E-state index >= 15 is 0 Å². The van der Waals surface area contributed by atoms with Crippen LogP contribution in [0.5, 0.6) is 0 Å². The van der Waals surface area contributed by atoms with Gasteiger partial charge in [0.25, 0.3) is 0 Å². The molecule has 0 saturated heterocycles. The van der Waals surface area contributed by atoms with Gasteiger partial charge in [-0.05, 0) is 12.8 Å². The van der Waals surface area contributed by atoms with Crippen molar-refractivity contribution in [2.45, 2.75) is 25.4 Å². The van der Waals surface area contributed by atoms with Gasteiger partial charge < -0.3 is 11.1 Å². The number of aromatic nitrogens is 2. The second-order valence-electron chi connectivity index (χ2n) is 2.97. The molecule has 4 N–H and O–H groups in total. The summed E-state index contributed by atoms with van der Waals surface area (Å²) >= 11 is 0. The number of nitrogens with one attached hydrogen (secondary N) is 2. The molecule has 0 atom stereocenters. The number of H-pyrrole nitrogens is 1. The van der Waals surface area contributed by atoms with Gasteiger partial charge in [-0.1, -0.05) is 0 Å². The zero-order valence-electron chi connectivity index (χ0n) is 6.30. The van der Waals surface area contributed by atoms with Crippen molar-refractivity contribution < 1.29 is 0 Å². The van der Waals surface area contributed by atoms with E-state index in [2.05, 4.69) is 15.5 Å². The van der Waals surface area contributed by atoms with Crippen LogP contribution in [-0.2, 0) is 6.54 Å². The Bertz CT molecular complexity index is 238. The molecule has 0 radical (unpaired) electrons. The van der Waals surface area contributed by atoms with Gasteiger partial charge in [-0.15, -0.1) is 0 Å². The third kappa shape index (κ3) is 1.71. The van der Waals surface area contributed by atoms with Gasteiger partial charge in [0, 0.05) is 18.7 Å². The molecule has 2 rings (SSSR count). The third-order valence-electron chi connectivity index (χ3n) is 1.81. The van der Waals surface area contributed by atoms with Crippen LogP contribution >= 0.6 is 0 Å².